The van der Waals surface area contributed by atoms with Gasteiger partial charge in [-0.1, -0.05) is 19.1 Å². The summed E-state index contributed by atoms with van der Waals surface area (Å²) in [6, 6.07) is 7.85. The van der Waals surface area contributed by atoms with Gasteiger partial charge in [0.2, 0.25) is 0 Å². The molecule has 0 bridgehead atoms. The number of likely N-dealkylation sites (tertiary alicyclic amines) is 1. The van der Waals surface area contributed by atoms with Crippen molar-refractivity contribution in [2.45, 2.75) is 39.2 Å². The van der Waals surface area contributed by atoms with E-state index < -0.39 is 0 Å². The summed E-state index contributed by atoms with van der Waals surface area (Å²) in [4.78, 5) is 2.58. The van der Waals surface area contributed by atoms with Crippen molar-refractivity contribution in [1.82, 2.24) is 10.2 Å². The zero-order valence-corrected chi connectivity index (χ0v) is 12.8. The fraction of sp³-hybridized carbons (Fsp3) is 0.647. The minimum atomic E-state index is 0.302. The molecular formula is C17H28N2O. The summed E-state index contributed by atoms with van der Waals surface area (Å²) >= 11 is 0. The van der Waals surface area contributed by atoms with E-state index in [1.54, 1.807) is 6.07 Å². The molecule has 1 aromatic carbocycles. The minimum Gasteiger partial charge on any atom is -0.508 e. The highest BCUT2D eigenvalue weighted by atomic mass is 16.3. The van der Waals surface area contributed by atoms with Gasteiger partial charge in [0, 0.05) is 6.04 Å². The van der Waals surface area contributed by atoms with Gasteiger partial charge >= 0.3 is 0 Å². The van der Waals surface area contributed by atoms with E-state index in [2.05, 4.69) is 30.1 Å². The van der Waals surface area contributed by atoms with Gasteiger partial charge < -0.3 is 15.3 Å². The highest BCUT2D eigenvalue weighted by Crippen LogP contribution is 2.20. The number of nitrogens with one attached hydrogen (secondary N) is 1. The van der Waals surface area contributed by atoms with E-state index in [0.717, 1.165) is 18.0 Å². The van der Waals surface area contributed by atoms with Crippen LogP contribution in [0.4, 0.5) is 0 Å². The van der Waals surface area contributed by atoms with Crippen molar-refractivity contribution in [1.29, 1.82) is 0 Å². The van der Waals surface area contributed by atoms with Gasteiger partial charge in [0.15, 0.2) is 0 Å². The van der Waals surface area contributed by atoms with E-state index in [0.29, 0.717) is 11.8 Å². The first-order chi connectivity index (χ1) is 9.69. The van der Waals surface area contributed by atoms with Crippen LogP contribution in [0.1, 0.15) is 44.7 Å². The summed E-state index contributed by atoms with van der Waals surface area (Å²) in [6.07, 6.45) is 3.87. The Balaban J connectivity index is 1.73. The highest BCUT2D eigenvalue weighted by Gasteiger charge is 2.19. The van der Waals surface area contributed by atoms with Crippen molar-refractivity contribution >= 4 is 0 Å². The Morgan fingerprint density at radius 1 is 1.35 bits per heavy atom. The maximum atomic E-state index is 9.53. The molecule has 1 aromatic rings. The smallest absolute Gasteiger partial charge is 0.115 e. The molecule has 2 rings (SSSR count). The average Bonchev–Trinajstić information content (AvgIpc) is 2.46. The van der Waals surface area contributed by atoms with Crippen LogP contribution in [0.5, 0.6) is 5.75 Å². The van der Waals surface area contributed by atoms with Crippen LogP contribution >= 0.6 is 0 Å². The molecule has 0 aromatic heterocycles. The summed E-state index contributed by atoms with van der Waals surface area (Å²) in [7, 11) is 0. The highest BCUT2D eigenvalue weighted by molar-refractivity contribution is 5.28. The van der Waals surface area contributed by atoms with Crippen LogP contribution in [0.3, 0.4) is 0 Å². The predicted octanol–water partition coefficient (Wildman–Crippen LogP) is 3.16. The van der Waals surface area contributed by atoms with E-state index >= 15 is 0 Å². The van der Waals surface area contributed by atoms with E-state index in [-0.39, 0.29) is 0 Å². The molecule has 1 aliphatic heterocycles. The number of benzene rings is 1. The molecule has 0 radical (unpaired) electrons. The Morgan fingerprint density at radius 3 is 2.75 bits per heavy atom. The van der Waals surface area contributed by atoms with E-state index in [4.69, 9.17) is 0 Å². The van der Waals surface area contributed by atoms with Crippen LogP contribution in [0.2, 0.25) is 0 Å². The second kappa shape index (κ2) is 7.65. The van der Waals surface area contributed by atoms with E-state index in [1.807, 2.05) is 12.1 Å². The van der Waals surface area contributed by atoms with Crippen molar-refractivity contribution in [2.24, 2.45) is 5.92 Å². The lowest BCUT2D eigenvalue weighted by Gasteiger charge is -2.32. The molecule has 20 heavy (non-hydrogen) atoms. The second-order valence-corrected chi connectivity index (χ2v) is 6.01. The summed E-state index contributed by atoms with van der Waals surface area (Å²) in [5.74, 6) is 1.15. The van der Waals surface area contributed by atoms with Crippen LogP contribution in [0.15, 0.2) is 24.3 Å². The third kappa shape index (κ3) is 4.50. The summed E-state index contributed by atoms with van der Waals surface area (Å²) in [5.41, 5.74) is 1.16. The second-order valence-electron chi connectivity index (χ2n) is 6.01. The Labute approximate surface area is 123 Å². The Kier molecular flexibility index (Phi) is 5.86. The van der Waals surface area contributed by atoms with Gasteiger partial charge in [-0.15, -0.1) is 0 Å². The Bertz CT molecular complexity index is 400. The number of phenolic OH excluding ortho intramolecular Hbond substituents is 1. The maximum Gasteiger partial charge on any atom is 0.115 e. The van der Waals surface area contributed by atoms with Gasteiger partial charge in [0.1, 0.15) is 5.75 Å². The first kappa shape index (κ1) is 15.3. The number of hydrogen-bond donors (Lipinski definition) is 2. The number of phenols is 1. The summed E-state index contributed by atoms with van der Waals surface area (Å²) in [5, 5.41) is 13.1. The number of rotatable bonds is 6. The lowest BCUT2D eigenvalue weighted by Crippen LogP contribution is -2.38. The molecule has 1 saturated heterocycles. The number of piperidine rings is 1. The van der Waals surface area contributed by atoms with Crippen LogP contribution in [0.25, 0.3) is 0 Å². The van der Waals surface area contributed by atoms with E-state index in [1.165, 1.54) is 38.9 Å². The zero-order chi connectivity index (χ0) is 14.4. The van der Waals surface area contributed by atoms with Gasteiger partial charge in [-0.3, -0.25) is 0 Å². The van der Waals surface area contributed by atoms with Gasteiger partial charge in [0.25, 0.3) is 0 Å². The van der Waals surface area contributed by atoms with Gasteiger partial charge in [-0.2, -0.15) is 0 Å². The predicted molar refractivity (Wildman–Crippen MR) is 84.0 cm³/mol. The number of aromatic hydroxyl groups is 1. The third-order valence-corrected chi connectivity index (χ3v) is 4.33. The molecule has 3 heteroatoms. The fourth-order valence-corrected chi connectivity index (χ4v) is 2.99. The van der Waals surface area contributed by atoms with E-state index in [9.17, 15) is 5.11 Å². The maximum absolute atomic E-state index is 9.53. The quantitative estimate of drug-likeness (QED) is 0.838. The standard InChI is InChI=1S/C17H28N2O/c1-3-9-19-10-7-15(8-11-19)13-18-14(2)16-5-4-6-17(20)12-16/h4-6,12,14-15,18,20H,3,7-11,13H2,1-2H3. The zero-order valence-electron chi connectivity index (χ0n) is 12.8. The molecule has 0 saturated carbocycles. The monoisotopic (exact) mass is 276 g/mol. The lowest BCUT2D eigenvalue weighted by molar-refractivity contribution is 0.181. The summed E-state index contributed by atoms with van der Waals surface area (Å²) < 4.78 is 0. The van der Waals surface area contributed by atoms with Crippen molar-refractivity contribution in [2.75, 3.05) is 26.2 Å². The number of nitrogens with zero attached hydrogens (tertiary/aromatic N) is 1. The normalized spacial score (nSPS) is 19.1. The van der Waals surface area contributed by atoms with Crippen molar-refractivity contribution in [3.8, 4) is 5.75 Å². The molecule has 1 aliphatic rings. The molecule has 112 valence electrons. The molecule has 0 spiro atoms. The molecule has 1 fully saturated rings. The van der Waals surface area contributed by atoms with Gasteiger partial charge in [-0.25, -0.2) is 0 Å². The Morgan fingerprint density at radius 2 is 2.10 bits per heavy atom. The first-order valence-electron chi connectivity index (χ1n) is 7.93. The molecule has 1 unspecified atom stereocenters. The molecular weight excluding hydrogens is 248 g/mol. The molecule has 1 heterocycles. The van der Waals surface area contributed by atoms with Crippen LogP contribution in [0, 0.1) is 5.92 Å². The Hall–Kier alpha value is -1.06. The van der Waals surface area contributed by atoms with Gasteiger partial charge in [-0.05, 0) is 76.0 Å². The third-order valence-electron chi connectivity index (χ3n) is 4.33. The molecule has 2 N–H and O–H groups in total. The largest absolute Gasteiger partial charge is 0.508 e. The van der Waals surface area contributed by atoms with Crippen LogP contribution in [-0.4, -0.2) is 36.2 Å². The van der Waals surface area contributed by atoms with Gasteiger partial charge in [0.05, 0.1) is 0 Å². The van der Waals surface area contributed by atoms with Crippen molar-refractivity contribution in [3.63, 3.8) is 0 Å². The fourth-order valence-electron chi connectivity index (χ4n) is 2.99. The summed E-state index contributed by atoms with van der Waals surface area (Å²) in [6.45, 7) is 9.25. The average molecular weight is 276 g/mol. The SMILES string of the molecule is CCCN1CCC(CNC(C)c2cccc(O)c2)CC1. The lowest BCUT2D eigenvalue weighted by atomic mass is 9.96. The van der Waals surface area contributed by atoms with Crippen molar-refractivity contribution < 1.29 is 5.11 Å². The first-order valence-corrected chi connectivity index (χ1v) is 7.93. The van der Waals surface area contributed by atoms with Crippen LogP contribution < -0.4 is 5.32 Å². The topological polar surface area (TPSA) is 35.5 Å². The minimum absolute atomic E-state index is 0.302. The molecule has 0 amide bonds. The number of hydrogen-bond acceptors (Lipinski definition) is 3. The molecule has 1 atom stereocenters. The van der Waals surface area contributed by atoms with Crippen molar-refractivity contribution in [3.05, 3.63) is 29.8 Å². The molecule has 3 nitrogen and oxygen atoms in total. The van der Waals surface area contributed by atoms with Crippen LogP contribution in [-0.2, 0) is 0 Å². The molecule has 0 aliphatic carbocycles.